The van der Waals surface area contributed by atoms with E-state index in [2.05, 4.69) is 10.6 Å². The normalized spacial score (nSPS) is 18.6. The number of anilines is 3. The summed E-state index contributed by atoms with van der Waals surface area (Å²) in [5.41, 5.74) is 4.36. The Hall–Kier alpha value is -4.52. The monoisotopic (exact) mass is 507 g/mol. The first-order chi connectivity index (χ1) is 18.4. The van der Waals surface area contributed by atoms with E-state index in [1.807, 2.05) is 43.3 Å². The Morgan fingerprint density at radius 2 is 1.45 bits per heavy atom. The topological polar surface area (TPSA) is 95.6 Å². The lowest BCUT2D eigenvalue weighted by Gasteiger charge is -2.18. The molecule has 1 aliphatic heterocycles. The molecule has 1 fully saturated rings. The van der Waals surface area contributed by atoms with E-state index in [4.69, 9.17) is 0 Å². The van der Waals surface area contributed by atoms with Crippen LogP contribution in [0.5, 0.6) is 0 Å². The number of nitrogens with zero attached hydrogens (tertiary/aromatic N) is 1. The standard InChI is InChI=1S/C31H29N3O4/c1-20-7-17-26-27(19-20)31(38)34(30(26)37)25-15-9-22(10-16-25)29(36)33-24-13-11-23(12-14-24)32-28(35)18-8-21-5-3-2-4-6-21/h2-7,9-16,26-27H,8,17-19H2,1H3,(H,32,35)(H,33,36)/t26-,27+/m0/s1. The second-order valence-corrected chi connectivity index (χ2v) is 9.83. The van der Waals surface area contributed by atoms with Gasteiger partial charge in [-0.05, 0) is 80.3 Å². The van der Waals surface area contributed by atoms with Gasteiger partial charge in [0.1, 0.15) is 0 Å². The number of imide groups is 1. The fourth-order valence-electron chi connectivity index (χ4n) is 5.02. The van der Waals surface area contributed by atoms with Gasteiger partial charge >= 0.3 is 0 Å². The van der Waals surface area contributed by atoms with Gasteiger partial charge in [0.2, 0.25) is 17.7 Å². The second kappa shape index (κ2) is 10.8. The molecular weight excluding hydrogens is 478 g/mol. The van der Waals surface area contributed by atoms with Crippen molar-refractivity contribution in [3.8, 4) is 0 Å². The van der Waals surface area contributed by atoms with Crippen LogP contribution in [0.3, 0.4) is 0 Å². The number of hydrogen-bond donors (Lipinski definition) is 2. The SMILES string of the molecule is CC1=CC[C@@H]2C(=O)N(c3ccc(C(=O)Nc4ccc(NC(=O)CCc5ccccc5)cc4)cc3)C(=O)[C@@H]2C1. The fraction of sp³-hybridized carbons (Fsp3) is 0.226. The maximum atomic E-state index is 12.9. The minimum atomic E-state index is -0.316. The average Bonchev–Trinajstić information content (AvgIpc) is 3.18. The van der Waals surface area contributed by atoms with Gasteiger partial charge in [0.25, 0.3) is 5.91 Å². The maximum absolute atomic E-state index is 12.9. The number of allylic oxidation sites excluding steroid dienone is 2. The minimum absolute atomic E-state index is 0.0775. The molecule has 4 amide bonds. The average molecular weight is 508 g/mol. The minimum Gasteiger partial charge on any atom is -0.326 e. The molecule has 0 aromatic heterocycles. The van der Waals surface area contributed by atoms with Crippen LogP contribution in [0.1, 0.15) is 42.1 Å². The molecule has 7 nitrogen and oxygen atoms in total. The summed E-state index contributed by atoms with van der Waals surface area (Å²) >= 11 is 0. The number of carbonyl (C=O) groups excluding carboxylic acids is 4. The third kappa shape index (κ3) is 5.42. The van der Waals surface area contributed by atoms with Crippen LogP contribution < -0.4 is 15.5 Å². The van der Waals surface area contributed by atoms with Gasteiger partial charge in [-0.3, -0.25) is 24.1 Å². The molecule has 0 spiro atoms. The third-order valence-corrected chi connectivity index (χ3v) is 7.12. The molecule has 0 saturated carbocycles. The highest BCUT2D eigenvalue weighted by atomic mass is 16.2. The summed E-state index contributed by atoms with van der Waals surface area (Å²) in [7, 11) is 0. The van der Waals surface area contributed by atoms with Gasteiger partial charge < -0.3 is 10.6 Å². The molecule has 7 heteroatoms. The van der Waals surface area contributed by atoms with Crippen molar-refractivity contribution in [2.45, 2.75) is 32.6 Å². The van der Waals surface area contributed by atoms with Crippen LogP contribution in [-0.4, -0.2) is 23.6 Å². The van der Waals surface area contributed by atoms with Gasteiger partial charge in [-0.15, -0.1) is 0 Å². The first kappa shape index (κ1) is 25.1. The fourth-order valence-corrected chi connectivity index (χ4v) is 5.02. The van der Waals surface area contributed by atoms with Crippen molar-refractivity contribution >= 4 is 40.7 Å². The zero-order valence-electron chi connectivity index (χ0n) is 21.1. The number of aryl methyl sites for hydroxylation is 1. The predicted octanol–water partition coefficient (Wildman–Crippen LogP) is 5.36. The Morgan fingerprint density at radius 1 is 0.816 bits per heavy atom. The summed E-state index contributed by atoms with van der Waals surface area (Å²) in [5.74, 6) is -1.34. The summed E-state index contributed by atoms with van der Waals surface area (Å²) < 4.78 is 0. The molecule has 2 N–H and O–H groups in total. The molecule has 0 unspecified atom stereocenters. The molecule has 3 aromatic rings. The van der Waals surface area contributed by atoms with Crippen molar-refractivity contribution < 1.29 is 19.2 Å². The van der Waals surface area contributed by atoms with Crippen LogP contribution in [0.4, 0.5) is 17.1 Å². The summed E-state index contributed by atoms with van der Waals surface area (Å²) in [5, 5.41) is 5.70. The van der Waals surface area contributed by atoms with Crippen LogP contribution >= 0.6 is 0 Å². The van der Waals surface area contributed by atoms with E-state index < -0.39 is 0 Å². The Labute approximate surface area is 221 Å². The van der Waals surface area contributed by atoms with Gasteiger partial charge in [0, 0.05) is 23.4 Å². The van der Waals surface area contributed by atoms with Crippen molar-refractivity contribution in [2.75, 3.05) is 15.5 Å². The molecule has 2 aliphatic rings. The van der Waals surface area contributed by atoms with Crippen LogP contribution in [0.25, 0.3) is 0 Å². The lowest BCUT2D eigenvalue weighted by atomic mass is 9.82. The van der Waals surface area contributed by atoms with E-state index in [1.54, 1.807) is 48.5 Å². The molecule has 38 heavy (non-hydrogen) atoms. The van der Waals surface area contributed by atoms with Crippen molar-refractivity contribution in [1.29, 1.82) is 0 Å². The molecule has 3 aromatic carbocycles. The molecular formula is C31H29N3O4. The lowest BCUT2D eigenvalue weighted by molar-refractivity contribution is -0.122. The highest BCUT2D eigenvalue weighted by Gasteiger charge is 2.48. The number of benzene rings is 3. The highest BCUT2D eigenvalue weighted by Crippen LogP contribution is 2.39. The molecule has 5 rings (SSSR count). The number of fused-ring (bicyclic) bond motifs is 1. The quantitative estimate of drug-likeness (QED) is 0.333. The molecule has 0 radical (unpaired) electrons. The molecule has 192 valence electrons. The Kier molecular flexibility index (Phi) is 7.18. The van der Waals surface area contributed by atoms with Crippen LogP contribution in [0.2, 0.25) is 0 Å². The smallest absolute Gasteiger partial charge is 0.255 e. The molecule has 1 saturated heterocycles. The molecule has 2 atom stereocenters. The summed E-state index contributed by atoms with van der Waals surface area (Å²) in [6.07, 6.45) is 4.29. The van der Waals surface area contributed by atoms with E-state index >= 15 is 0 Å². The zero-order chi connectivity index (χ0) is 26.6. The van der Waals surface area contributed by atoms with Crippen molar-refractivity contribution in [3.63, 3.8) is 0 Å². The van der Waals surface area contributed by atoms with E-state index in [9.17, 15) is 19.2 Å². The number of amides is 4. The van der Waals surface area contributed by atoms with Crippen LogP contribution in [-0.2, 0) is 20.8 Å². The second-order valence-electron chi connectivity index (χ2n) is 9.83. The Bertz CT molecular complexity index is 1400. The van der Waals surface area contributed by atoms with E-state index in [0.717, 1.165) is 11.1 Å². The Morgan fingerprint density at radius 3 is 2.13 bits per heavy atom. The van der Waals surface area contributed by atoms with Gasteiger partial charge in [-0.2, -0.15) is 0 Å². The van der Waals surface area contributed by atoms with Crippen LogP contribution in [0.15, 0.2) is 90.5 Å². The van der Waals surface area contributed by atoms with Crippen molar-refractivity contribution in [2.24, 2.45) is 11.8 Å². The van der Waals surface area contributed by atoms with Gasteiger partial charge in [-0.1, -0.05) is 42.0 Å². The first-order valence-corrected chi connectivity index (χ1v) is 12.8. The lowest BCUT2D eigenvalue weighted by Crippen LogP contribution is -2.30. The van der Waals surface area contributed by atoms with Gasteiger partial charge in [-0.25, -0.2) is 0 Å². The number of rotatable bonds is 7. The summed E-state index contributed by atoms with van der Waals surface area (Å²) in [6.45, 7) is 1.99. The largest absolute Gasteiger partial charge is 0.326 e. The summed E-state index contributed by atoms with van der Waals surface area (Å²) in [6, 6.07) is 23.2. The van der Waals surface area contributed by atoms with Gasteiger partial charge in [0.15, 0.2) is 0 Å². The Balaban J connectivity index is 1.16. The predicted molar refractivity (Wildman–Crippen MR) is 147 cm³/mol. The highest BCUT2D eigenvalue weighted by molar-refractivity contribution is 6.22. The molecule has 0 bridgehead atoms. The van der Waals surface area contributed by atoms with E-state index in [0.29, 0.717) is 48.3 Å². The number of carbonyl (C=O) groups is 4. The number of hydrogen-bond acceptors (Lipinski definition) is 4. The van der Waals surface area contributed by atoms with Gasteiger partial charge in [0.05, 0.1) is 17.5 Å². The van der Waals surface area contributed by atoms with E-state index in [1.165, 1.54) is 4.90 Å². The van der Waals surface area contributed by atoms with Crippen LogP contribution in [0, 0.1) is 11.8 Å². The number of nitrogens with one attached hydrogen (secondary N) is 2. The van der Waals surface area contributed by atoms with E-state index in [-0.39, 0.29) is 35.5 Å². The molecule has 1 aliphatic carbocycles. The first-order valence-electron chi connectivity index (χ1n) is 12.8. The molecule has 1 heterocycles. The third-order valence-electron chi connectivity index (χ3n) is 7.12. The van der Waals surface area contributed by atoms with Crippen molar-refractivity contribution in [3.05, 3.63) is 102 Å². The van der Waals surface area contributed by atoms with Crippen molar-refractivity contribution in [1.82, 2.24) is 0 Å². The maximum Gasteiger partial charge on any atom is 0.255 e. The summed E-state index contributed by atoms with van der Waals surface area (Å²) in [4.78, 5) is 52.1. The zero-order valence-corrected chi connectivity index (χ0v) is 21.1.